The molecular weight excluding hydrogens is 261 g/mol. The number of hydrogen-bond donors (Lipinski definition) is 1. The van der Waals surface area contributed by atoms with Gasteiger partial charge in [-0.05, 0) is 12.1 Å². The highest BCUT2D eigenvalue weighted by atomic mass is 19.3. The molecule has 1 N–H and O–H groups in total. The zero-order chi connectivity index (χ0) is 13.8. The number of hydrogen-bond acceptors (Lipinski definition) is 3. The van der Waals surface area contributed by atoms with Gasteiger partial charge in [-0.3, -0.25) is 0 Å². The highest BCUT2D eigenvalue weighted by Crippen LogP contribution is 2.27. The monoisotopic (exact) mass is 274 g/mol. The van der Waals surface area contributed by atoms with E-state index in [4.69, 9.17) is 4.42 Å². The van der Waals surface area contributed by atoms with Crippen LogP contribution in [0.15, 0.2) is 28.7 Å². The quantitative estimate of drug-likeness (QED) is 0.822. The predicted molar refractivity (Wildman–Crippen MR) is 62.6 cm³/mol. The van der Waals surface area contributed by atoms with E-state index in [0.717, 1.165) is 0 Å². The predicted octanol–water partition coefficient (Wildman–Crippen LogP) is 3.28. The third kappa shape index (κ3) is 3.48. The molecular formula is C13H13F3O3. The van der Waals surface area contributed by atoms with Crippen molar-refractivity contribution in [3.8, 4) is 0 Å². The van der Waals surface area contributed by atoms with Gasteiger partial charge < -0.3 is 14.3 Å². The van der Waals surface area contributed by atoms with E-state index in [2.05, 4.69) is 4.74 Å². The van der Waals surface area contributed by atoms with Crippen LogP contribution in [0.25, 0.3) is 11.0 Å². The third-order valence-electron chi connectivity index (χ3n) is 2.62. The normalized spacial score (nSPS) is 13.3. The lowest BCUT2D eigenvalue weighted by Crippen LogP contribution is -2.08. The Morgan fingerprint density at radius 1 is 1.32 bits per heavy atom. The molecule has 6 heteroatoms. The summed E-state index contributed by atoms with van der Waals surface area (Å²) in [6.45, 7) is -0.688. The number of furan rings is 1. The molecule has 1 aromatic carbocycles. The van der Waals surface area contributed by atoms with Crippen LogP contribution in [0, 0.1) is 5.82 Å². The van der Waals surface area contributed by atoms with Gasteiger partial charge in [0.15, 0.2) is 11.4 Å². The highest BCUT2D eigenvalue weighted by Gasteiger charge is 2.15. The van der Waals surface area contributed by atoms with Crippen molar-refractivity contribution in [2.45, 2.75) is 19.0 Å². The molecule has 0 radical (unpaired) electrons. The Kier molecular flexibility index (Phi) is 4.44. The van der Waals surface area contributed by atoms with Gasteiger partial charge in [0.05, 0.1) is 0 Å². The summed E-state index contributed by atoms with van der Waals surface area (Å²) >= 11 is 0. The average molecular weight is 274 g/mol. The van der Waals surface area contributed by atoms with E-state index in [1.54, 1.807) is 6.07 Å². The number of benzene rings is 1. The number of para-hydroxylation sites is 1. The Bertz CT molecular complexity index is 539. The number of alkyl halides is 2. The van der Waals surface area contributed by atoms with Gasteiger partial charge in [0.2, 0.25) is 0 Å². The Morgan fingerprint density at radius 3 is 2.79 bits per heavy atom. The number of halogens is 3. The van der Waals surface area contributed by atoms with Crippen molar-refractivity contribution < 1.29 is 27.4 Å². The fourth-order valence-corrected chi connectivity index (χ4v) is 1.72. The Labute approximate surface area is 107 Å². The van der Waals surface area contributed by atoms with E-state index in [1.165, 1.54) is 18.2 Å². The molecule has 2 rings (SSSR count). The molecule has 1 unspecified atom stereocenters. The Balaban J connectivity index is 1.97. The second-order valence-electron chi connectivity index (χ2n) is 4.08. The molecule has 0 saturated heterocycles. The summed E-state index contributed by atoms with van der Waals surface area (Å²) in [5.41, 5.74) is 0.0741. The summed E-state index contributed by atoms with van der Waals surface area (Å²) in [6, 6.07) is 5.98. The number of fused-ring (bicyclic) bond motifs is 1. The molecule has 0 bridgehead atoms. The van der Waals surface area contributed by atoms with Crippen LogP contribution in [0.1, 0.15) is 18.3 Å². The minimum absolute atomic E-state index is 0.0228. The zero-order valence-corrected chi connectivity index (χ0v) is 9.98. The standard InChI is InChI=1S/C13H13F3O3/c14-9-3-1-2-8-6-11(19-13(8)9)10(17)4-5-18-7-12(15)16/h1-3,6,10,12,17H,4-5,7H2. The van der Waals surface area contributed by atoms with Crippen molar-refractivity contribution in [1.82, 2.24) is 0 Å². The van der Waals surface area contributed by atoms with Crippen LogP contribution >= 0.6 is 0 Å². The number of aliphatic hydroxyl groups excluding tert-OH is 1. The zero-order valence-electron chi connectivity index (χ0n) is 9.98. The largest absolute Gasteiger partial charge is 0.455 e. The second kappa shape index (κ2) is 6.08. The lowest BCUT2D eigenvalue weighted by molar-refractivity contribution is 0.00275. The van der Waals surface area contributed by atoms with Crippen LogP contribution in [0.5, 0.6) is 0 Å². The average Bonchev–Trinajstić information content (AvgIpc) is 2.79. The third-order valence-corrected chi connectivity index (χ3v) is 2.62. The maximum atomic E-state index is 13.4. The molecule has 19 heavy (non-hydrogen) atoms. The lowest BCUT2D eigenvalue weighted by Gasteiger charge is -2.07. The number of ether oxygens (including phenoxy) is 1. The molecule has 0 fully saturated rings. The maximum absolute atomic E-state index is 13.4. The van der Waals surface area contributed by atoms with Crippen molar-refractivity contribution >= 4 is 11.0 Å². The first-order valence-electron chi connectivity index (χ1n) is 5.80. The van der Waals surface area contributed by atoms with Gasteiger partial charge in [-0.2, -0.15) is 0 Å². The summed E-state index contributed by atoms with van der Waals surface area (Å²) in [5, 5.41) is 10.3. The summed E-state index contributed by atoms with van der Waals surface area (Å²) < 4.78 is 46.9. The van der Waals surface area contributed by atoms with Crippen LogP contribution in [0.4, 0.5) is 13.2 Å². The van der Waals surface area contributed by atoms with E-state index in [9.17, 15) is 18.3 Å². The Hall–Kier alpha value is -1.53. The summed E-state index contributed by atoms with van der Waals surface area (Å²) in [7, 11) is 0. The molecule has 0 aliphatic rings. The first kappa shape index (κ1) is 13.9. The van der Waals surface area contributed by atoms with Gasteiger partial charge in [-0.25, -0.2) is 13.2 Å². The van der Waals surface area contributed by atoms with Crippen molar-refractivity contribution in [3.05, 3.63) is 35.8 Å². The maximum Gasteiger partial charge on any atom is 0.261 e. The lowest BCUT2D eigenvalue weighted by atomic mass is 10.2. The van der Waals surface area contributed by atoms with E-state index in [1.807, 2.05) is 0 Å². The number of rotatable bonds is 6. The number of aliphatic hydroxyl groups is 1. The van der Waals surface area contributed by atoms with Crippen molar-refractivity contribution in [2.75, 3.05) is 13.2 Å². The van der Waals surface area contributed by atoms with Gasteiger partial charge in [-0.1, -0.05) is 12.1 Å². The second-order valence-corrected chi connectivity index (χ2v) is 4.08. The van der Waals surface area contributed by atoms with Crippen molar-refractivity contribution in [1.29, 1.82) is 0 Å². The fourth-order valence-electron chi connectivity index (χ4n) is 1.72. The van der Waals surface area contributed by atoms with Gasteiger partial charge >= 0.3 is 0 Å². The molecule has 104 valence electrons. The van der Waals surface area contributed by atoms with Gasteiger partial charge in [0, 0.05) is 18.4 Å². The van der Waals surface area contributed by atoms with Crippen LogP contribution < -0.4 is 0 Å². The minimum atomic E-state index is -2.53. The molecule has 0 spiro atoms. The molecule has 2 aromatic rings. The SMILES string of the molecule is OC(CCOCC(F)F)c1cc2cccc(F)c2o1. The van der Waals surface area contributed by atoms with Crippen LogP contribution in [0.2, 0.25) is 0 Å². The van der Waals surface area contributed by atoms with E-state index < -0.39 is 25.0 Å². The topological polar surface area (TPSA) is 42.6 Å². The smallest absolute Gasteiger partial charge is 0.261 e. The van der Waals surface area contributed by atoms with Crippen LogP contribution in [-0.2, 0) is 4.74 Å². The molecule has 1 aromatic heterocycles. The summed E-state index contributed by atoms with van der Waals surface area (Å²) in [5.74, 6) is -0.314. The van der Waals surface area contributed by atoms with E-state index in [-0.39, 0.29) is 24.4 Å². The first-order chi connectivity index (χ1) is 9.08. The van der Waals surface area contributed by atoms with Gasteiger partial charge in [0.25, 0.3) is 6.43 Å². The van der Waals surface area contributed by atoms with Crippen LogP contribution in [0.3, 0.4) is 0 Å². The molecule has 0 aliphatic heterocycles. The minimum Gasteiger partial charge on any atom is -0.455 e. The Morgan fingerprint density at radius 2 is 2.11 bits per heavy atom. The highest BCUT2D eigenvalue weighted by molar-refractivity contribution is 5.78. The molecule has 1 heterocycles. The molecule has 0 saturated carbocycles. The summed E-state index contributed by atoms with van der Waals surface area (Å²) in [4.78, 5) is 0. The molecule has 1 atom stereocenters. The van der Waals surface area contributed by atoms with Crippen molar-refractivity contribution in [2.24, 2.45) is 0 Å². The molecule has 3 nitrogen and oxygen atoms in total. The fraction of sp³-hybridized carbons (Fsp3) is 0.385. The van der Waals surface area contributed by atoms with Gasteiger partial charge in [-0.15, -0.1) is 0 Å². The van der Waals surface area contributed by atoms with E-state index >= 15 is 0 Å². The van der Waals surface area contributed by atoms with Gasteiger partial charge in [0.1, 0.15) is 18.5 Å². The van der Waals surface area contributed by atoms with E-state index in [0.29, 0.717) is 5.39 Å². The first-order valence-corrected chi connectivity index (χ1v) is 5.80. The molecule has 0 amide bonds. The van der Waals surface area contributed by atoms with Crippen LogP contribution in [-0.4, -0.2) is 24.7 Å². The molecule has 0 aliphatic carbocycles. The van der Waals surface area contributed by atoms with Crippen molar-refractivity contribution in [3.63, 3.8) is 0 Å². The summed E-state index contributed by atoms with van der Waals surface area (Å²) in [6.07, 6.45) is -3.43.